The zero-order valence-electron chi connectivity index (χ0n) is 5.99. The predicted octanol–water partition coefficient (Wildman–Crippen LogP) is -2.43. The van der Waals surface area contributed by atoms with E-state index in [1.54, 1.807) is 0 Å². The summed E-state index contributed by atoms with van der Waals surface area (Å²) in [6.45, 7) is -0.800. The molecule has 0 saturated carbocycles. The number of halogens is 1. The van der Waals surface area contributed by atoms with Crippen LogP contribution in [0.2, 0.25) is 0 Å². The minimum absolute atomic E-state index is 0. The molecule has 12 heavy (non-hydrogen) atoms. The van der Waals surface area contributed by atoms with Gasteiger partial charge >= 0.3 is 5.97 Å². The number of rotatable bonds is 4. The molecule has 0 amide bonds. The molecule has 74 valence electrons. The van der Waals surface area contributed by atoms with Crippen LogP contribution in [0.1, 0.15) is 0 Å². The van der Waals surface area contributed by atoms with Crippen molar-refractivity contribution in [3.63, 3.8) is 0 Å². The van der Waals surface area contributed by atoms with Gasteiger partial charge in [-0.1, -0.05) is 0 Å². The molecule has 0 aliphatic carbocycles. The lowest BCUT2D eigenvalue weighted by atomic mass is 10.1. The SMILES string of the molecule is Cl.O=C(O)[C@H](O)[C@H](O)[C@H](O)CO. The maximum Gasteiger partial charge on any atom is 0.335 e. The normalized spacial score (nSPS) is 17.3. The van der Waals surface area contributed by atoms with Gasteiger partial charge in [-0.15, -0.1) is 12.4 Å². The van der Waals surface area contributed by atoms with Gasteiger partial charge in [0, 0.05) is 0 Å². The molecule has 0 radical (unpaired) electrons. The number of aliphatic hydroxyl groups excluding tert-OH is 4. The van der Waals surface area contributed by atoms with Gasteiger partial charge in [-0.25, -0.2) is 4.79 Å². The summed E-state index contributed by atoms with van der Waals surface area (Å²) in [7, 11) is 0. The average Bonchev–Trinajstić information content (AvgIpc) is 2.00. The molecule has 0 aromatic heterocycles. The van der Waals surface area contributed by atoms with Crippen LogP contribution in [0.4, 0.5) is 0 Å². The van der Waals surface area contributed by atoms with Gasteiger partial charge < -0.3 is 25.5 Å². The van der Waals surface area contributed by atoms with Gasteiger partial charge in [0.1, 0.15) is 12.2 Å². The first-order valence-electron chi connectivity index (χ1n) is 2.88. The van der Waals surface area contributed by atoms with Gasteiger partial charge in [0.15, 0.2) is 6.10 Å². The molecule has 0 aromatic rings. The van der Waals surface area contributed by atoms with Crippen molar-refractivity contribution >= 4 is 18.4 Å². The molecule has 0 aliphatic rings. The molecule has 0 spiro atoms. The van der Waals surface area contributed by atoms with Crippen molar-refractivity contribution in [3.05, 3.63) is 0 Å². The second-order valence-corrected chi connectivity index (χ2v) is 2.02. The Morgan fingerprint density at radius 1 is 1.25 bits per heavy atom. The largest absolute Gasteiger partial charge is 0.479 e. The van der Waals surface area contributed by atoms with E-state index in [9.17, 15) is 4.79 Å². The summed E-state index contributed by atoms with van der Waals surface area (Å²) in [6.07, 6.45) is -5.57. The van der Waals surface area contributed by atoms with E-state index < -0.39 is 30.9 Å². The minimum atomic E-state index is -2.07. The van der Waals surface area contributed by atoms with Gasteiger partial charge in [0.05, 0.1) is 6.61 Å². The molecular weight excluding hydrogens is 192 g/mol. The third kappa shape index (κ3) is 3.84. The van der Waals surface area contributed by atoms with Gasteiger partial charge in [0.2, 0.25) is 0 Å². The molecular formula is C5H11ClO6. The van der Waals surface area contributed by atoms with E-state index in [-0.39, 0.29) is 12.4 Å². The first-order valence-corrected chi connectivity index (χ1v) is 2.88. The van der Waals surface area contributed by atoms with E-state index in [0.717, 1.165) is 0 Å². The fourth-order valence-corrected chi connectivity index (χ4v) is 0.465. The number of hydrogen-bond donors (Lipinski definition) is 5. The Bertz CT molecular complexity index is 140. The first-order chi connectivity index (χ1) is 5.00. The maximum atomic E-state index is 9.96. The number of carboxylic acid groups (broad SMARTS) is 1. The summed E-state index contributed by atoms with van der Waals surface area (Å²) in [5.74, 6) is -1.65. The highest BCUT2D eigenvalue weighted by atomic mass is 35.5. The topological polar surface area (TPSA) is 118 Å². The molecule has 0 rings (SSSR count). The highest BCUT2D eigenvalue weighted by Crippen LogP contribution is 1.99. The van der Waals surface area contributed by atoms with Crippen LogP contribution in [0, 0.1) is 0 Å². The van der Waals surface area contributed by atoms with Crippen LogP contribution in [0.25, 0.3) is 0 Å². The number of carbonyl (C=O) groups is 1. The second-order valence-electron chi connectivity index (χ2n) is 2.02. The van der Waals surface area contributed by atoms with Crippen molar-refractivity contribution in [1.82, 2.24) is 0 Å². The summed E-state index contributed by atoms with van der Waals surface area (Å²) in [5.41, 5.74) is 0. The van der Waals surface area contributed by atoms with Crippen LogP contribution in [0.15, 0.2) is 0 Å². The molecule has 7 heteroatoms. The van der Waals surface area contributed by atoms with Crippen molar-refractivity contribution in [2.75, 3.05) is 6.61 Å². The molecule has 0 saturated heterocycles. The van der Waals surface area contributed by atoms with Crippen molar-refractivity contribution in [1.29, 1.82) is 0 Å². The molecule has 0 heterocycles. The monoisotopic (exact) mass is 202 g/mol. The lowest BCUT2D eigenvalue weighted by Gasteiger charge is -2.17. The smallest absolute Gasteiger partial charge is 0.335 e. The molecule has 5 N–H and O–H groups in total. The highest BCUT2D eigenvalue weighted by Gasteiger charge is 2.29. The molecule has 0 fully saturated rings. The van der Waals surface area contributed by atoms with Crippen LogP contribution in [-0.4, -0.2) is 56.4 Å². The quantitative estimate of drug-likeness (QED) is 0.346. The van der Waals surface area contributed by atoms with Gasteiger partial charge in [-0.05, 0) is 0 Å². The standard InChI is InChI=1S/C5H10O6.ClH/c6-1-2(7)3(8)4(9)5(10)11;/h2-4,6-9H,1H2,(H,10,11);1H/t2-,3-,4-;/m1./s1. The fraction of sp³-hybridized carbons (Fsp3) is 0.800. The molecule has 0 aliphatic heterocycles. The Labute approximate surface area is 74.5 Å². The summed E-state index contributed by atoms with van der Waals surface area (Å²) in [5, 5.41) is 42.2. The molecule has 3 atom stereocenters. The number of carboxylic acids is 1. The van der Waals surface area contributed by atoms with Crippen molar-refractivity contribution < 1.29 is 30.3 Å². The van der Waals surface area contributed by atoms with Gasteiger partial charge in [-0.3, -0.25) is 0 Å². The summed E-state index contributed by atoms with van der Waals surface area (Å²) >= 11 is 0. The second kappa shape index (κ2) is 6.15. The average molecular weight is 203 g/mol. The Hall–Kier alpha value is -0.400. The van der Waals surface area contributed by atoms with E-state index in [0.29, 0.717) is 0 Å². The zero-order chi connectivity index (χ0) is 9.02. The van der Waals surface area contributed by atoms with E-state index in [1.165, 1.54) is 0 Å². The van der Waals surface area contributed by atoms with Crippen LogP contribution >= 0.6 is 12.4 Å². The van der Waals surface area contributed by atoms with E-state index in [2.05, 4.69) is 0 Å². The molecule has 0 aromatic carbocycles. The Morgan fingerprint density at radius 2 is 1.67 bits per heavy atom. The zero-order valence-corrected chi connectivity index (χ0v) is 6.81. The van der Waals surface area contributed by atoms with Crippen LogP contribution in [-0.2, 0) is 4.79 Å². The molecule has 0 unspecified atom stereocenters. The van der Waals surface area contributed by atoms with Crippen molar-refractivity contribution in [3.8, 4) is 0 Å². The van der Waals surface area contributed by atoms with E-state index in [4.69, 9.17) is 25.5 Å². The maximum absolute atomic E-state index is 9.96. The van der Waals surface area contributed by atoms with Crippen LogP contribution in [0.5, 0.6) is 0 Å². The van der Waals surface area contributed by atoms with Gasteiger partial charge in [0.25, 0.3) is 0 Å². The van der Waals surface area contributed by atoms with E-state index in [1.807, 2.05) is 0 Å². The van der Waals surface area contributed by atoms with Gasteiger partial charge in [-0.2, -0.15) is 0 Å². The lowest BCUT2D eigenvalue weighted by Crippen LogP contribution is -2.43. The third-order valence-corrected chi connectivity index (χ3v) is 1.16. The first kappa shape index (κ1) is 14.1. The number of hydrogen-bond acceptors (Lipinski definition) is 5. The predicted molar refractivity (Wildman–Crippen MR) is 40.0 cm³/mol. The van der Waals surface area contributed by atoms with Crippen LogP contribution < -0.4 is 0 Å². The fourth-order valence-electron chi connectivity index (χ4n) is 0.465. The lowest BCUT2D eigenvalue weighted by molar-refractivity contribution is -0.159. The minimum Gasteiger partial charge on any atom is -0.479 e. The number of aliphatic hydroxyl groups is 4. The number of aliphatic carboxylic acids is 1. The molecule has 0 bridgehead atoms. The summed E-state index contributed by atoms with van der Waals surface area (Å²) in [6, 6.07) is 0. The van der Waals surface area contributed by atoms with Crippen molar-refractivity contribution in [2.45, 2.75) is 18.3 Å². The summed E-state index contributed by atoms with van der Waals surface area (Å²) in [4.78, 5) is 9.96. The van der Waals surface area contributed by atoms with Crippen LogP contribution in [0.3, 0.4) is 0 Å². The Balaban J connectivity index is 0. The van der Waals surface area contributed by atoms with Crippen molar-refractivity contribution in [2.24, 2.45) is 0 Å². The molecule has 6 nitrogen and oxygen atoms in total. The third-order valence-electron chi connectivity index (χ3n) is 1.16. The Morgan fingerprint density at radius 3 is 1.92 bits per heavy atom. The van der Waals surface area contributed by atoms with E-state index >= 15 is 0 Å². The Kier molecular flexibility index (Phi) is 7.25. The highest BCUT2D eigenvalue weighted by molar-refractivity contribution is 5.85. The summed E-state index contributed by atoms with van der Waals surface area (Å²) < 4.78 is 0.